The van der Waals surface area contributed by atoms with Gasteiger partial charge in [-0.05, 0) is 18.3 Å². The maximum atomic E-state index is 10.8. The highest BCUT2D eigenvalue weighted by atomic mass is 32.2. The Balaban J connectivity index is 1.98. The summed E-state index contributed by atoms with van der Waals surface area (Å²) in [5.41, 5.74) is 0. The van der Waals surface area contributed by atoms with E-state index in [-0.39, 0.29) is 11.7 Å². The van der Waals surface area contributed by atoms with Crippen LogP contribution in [0.3, 0.4) is 0 Å². The molecule has 0 saturated heterocycles. The van der Waals surface area contributed by atoms with Crippen molar-refractivity contribution in [2.24, 2.45) is 17.0 Å². The highest BCUT2D eigenvalue weighted by Gasteiger charge is 2.17. The summed E-state index contributed by atoms with van der Waals surface area (Å²) in [6.45, 7) is 3.08. The molecule has 0 radical (unpaired) electrons. The second kappa shape index (κ2) is 5.82. The third-order valence-corrected chi connectivity index (χ3v) is 3.85. The number of rotatable bonds is 7. The lowest BCUT2D eigenvalue weighted by Crippen LogP contribution is -2.24. The molecule has 0 spiro atoms. The third-order valence-electron chi connectivity index (χ3n) is 2.81. The lowest BCUT2D eigenvalue weighted by Gasteiger charge is -2.25. The molecule has 1 aliphatic carbocycles. The summed E-state index contributed by atoms with van der Waals surface area (Å²) in [6.07, 6.45) is 5.13. The van der Waals surface area contributed by atoms with Crippen LogP contribution in [0, 0.1) is 11.8 Å². The number of hydrogen-bond donors (Lipinski definition) is 1. The molecule has 15 heavy (non-hydrogen) atoms. The fraction of sp³-hybridized carbons (Fsp3) is 1.00. The van der Waals surface area contributed by atoms with E-state index in [1.54, 1.807) is 0 Å². The monoisotopic (exact) mass is 235 g/mol. The van der Waals surface area contributed by atoms with E-state index in [0.29, 0.717) is 6.61 Å². The molecule has 1 aliphatic rings. The molecule has 0 heterocycles. The molecule has 1 saturated carbocycles. The van der Waals surface area contributed by atoms with Crippen molar-refractivity contribution in [3.63, 3.8) is 0 Å². The first kappa shape index (κ1) is 12.9. The van der Waals surface area contributed by atoms with Crippen LogP contribution in [-0.2, 0) is 14.8 Å². The van der Waals surface area contributed by atoms with Gasteiger partial charge in [-0.15, -0.1) is 0 Å². The molecular weight excluding hydrogens is 214 g/mol. The summed E-state index contributed by atoms with van der Waals surface area (Å²) in [4.78, 5) is 0. The van der Waals surface area contributed by atoms with Crippen LogP contribution in [0.5, 0.6) is 0 Å². The lowest BCUT2D eigenvalue weighted by atomic mass is 9.83. The molecule has 0 aromatic carbocycles. The van der Waals surface area contributed by atoms with Gasteiger partial charge in [-0.2, -0.15) is 0 Å². The minimum absolute atomic E-state index is 0.0103. The van der Waals surface area contributed by atoms with Crippen LogP contribution >= 0.6 is 0 Å². The number of sulfonamides is 1. The number of primary sulfonamides is 1. The molecule has 1 unspecified atom stereocenters. The minimum atomic E-state index is -3.35. The first-order valence-electron chi connectivity index (χ1n) is 5.55. The predicted octanol–water partition coefficient (Wildman–Crippen LogP) is 1.12. The Morgan fingerprint density at radius 1 is 1.47 bits per heavy atom. The Morgan fingerprint density at radius 3 is 2.60 bits per heavy atom. The molecule has 1 fully saturated rings. The van der Waals surface area contributed by atoms with Gasteiger partial charge < -0.3 is 4.74 Å². The van der Waals surface area contributed by atoms with Crippen LogP contribution in [0.15, 0.2) is 0 Å². The van der Waals surface area contributed by atoms with Gasteiger partial charge in [0.05, 0.1) is 12.4 Å². The van der Waals surface area contributed by atoms with E-state index in [1.165, 1.54) is 19.3 Å². The Morgan fingerprint density at radius 2 is 2.13 bits per heavy atom. The maximum Gasteiger partial charge on any atom is 0.209 e. The minimum Gasteiger partial charge on any atom is -0.381 e. The number of nitrogens with two attached hydrogens (primary N) is 1. The third kappa shape index (κ3) is 6.12. The molecule has 1 atom stereocenters. The van der Waals surface area contributed by atoms with Crippen molar-refractivity contribution in [2.75, 3.05) is 19.0 Å². The lowest BCUT2D eigenvalue weighted by molar-refractivity contribution is 0.0880. The van der Waals surface area contributed by atoms with Crippen LogP contribution in [0.2, 0.25) is 0 Å². The Bertz CT molecular complexity index is 272. The van der Waals surface area contributed by atoms with E-state index >= 15 is 0 Å². The summed E-state index contributed by atoms with van der Waals surface area (Å²) in [6, 6.07) is 0. The van der Waals surface area contributed by atoms with Gasteiger partial charge in [-0.25, -0.2) is 13.6 Å². The van der Waals surface area contributed by atoms with Crippen molar-refractivity contribution in [2.45, 2.75) is 32.6 Å². The van der Waals surface area contributed by atoms with Gasteiger partial charge in [0.1, 0.15) is 0 Å². The van der Waals surface area contributed by atoms with Crippen LogP contribution in [0.1, 0.15) is 32.6 Å². The second-order valence-corrected chi connectivity index (χ2v) is 6.25. The molecule has 1 rings (SSSR count). The number of ether oxygens (including phenoxy) is 1. The highest BCUT2D eigenvalue weighted by Crippen LogP contribution is 2.29. The molecule has 4 nitrogen and oxygen atoms in total. The standard InChI is InChI=1S/C10H21NO3S/c1-9(8-15(11,12)13)7-14-6-5-10-3-2-4-10/h9-10H,2-8H2,1H3,(H2,11,12,13). The predicted molar refractivity (Wildman–Crippen MR) is 59.9 cm³/mol. The second-order valence-electron chi connectivity index (χ2n) is 4.60. The topological polar surface area (TPSA) is 69.4 Å². The Labute approximate surface area is 92.2 Å². The van der Waals surface area contributed by atoms with Crippen LogP contribution < -0.4 is 5.14 Å². The van der Waals surface area contributed by atoms with Gasteiger partial charge in [-0.3, -0.25) is 0 Å². The molecule has 0 aromatic rings. The first-order chi connectivity index (χ1) is 6.97. The average Bonchev–Trinajstić information content (AvgIpc) is 1.96. The molecular formula is C10H21NO3S. The van der Waals surface area contributed by atoms with Gasteiger partial charge in [0.2, 0.25) is 10.0 Å². The first-order valence-corrected chi connectivity index (χ1v) is 7.27. The maximum absolute atomic E-state index is 10.8. The van der Waals surface area contributed by atoms with Crippen molar-refractivity contribution in [1.82, 2.24) is 0 Å². The van der Waals surface area contributed by atoms with Gasteiger partial charge in [0.25, 0.3) is 0 Å². The SMILES string of the molecule is CC(COCCC1CCC1)CS(N)(=O)=O. The summed E-state index contributed by atoms with van der Waals surface area (Å²) >= 11 is 0. The highest BCUT2D eigenvalue weighted by molar-refractivity contribution is 7.89. The van der Waals surface area contributed by atoms with E-state index in [9.17, 15) is 8.42 Å². The molecule has 90 valence electrons. The van der Waals surface area contributed by atoms with Crippen molar-refractivity contribution in [3.8, 4) is 0 Å². The van der Waals surface area contributed by atoms with Crippen molar-refractivity contribution >= 4 is 10.0 Å². The Hall–Kier alpha value is -0.130. The van der Waals surface area contributed by atoms with Gasteiger partial charge in [-0.1, -0.05) is 26.2 Å². The van der Waals surface area contributed by atoms with E-state index in [4.69, 9.17) is 9.88 Å². The van der Waals surface area contributed by atoms with Crippen molar-refractivity contribution in [1.29, 1.82) is 0 Å². The van der Waals surface area contributed by atoms with Crippen LogP contribution in [0.4, 0.5) is 0 Å². The van der Waals surface area contributed by atoms with Crippen LogP contribution in [0.25, 0.3) is 0 Å². The molecule has 0 aromatic heterocycles. The zero-order valence-corrected chi connectivity index (χ0v) is 10.1. The van der Waals surface area contributed by atoms with E-state index in [2.05, 4.69) is 0 Å². The van der Waals surface area contributed by atoms with E-state index < -0.39 is 10.0 Å². The van der Waals surface area contributed by atoms with Crippen molar-refractivity contribution in [3.05, 3.63) is 0 Å². The smallest absolute Gasteiger partial charge is 0.209 e. The normalized spacial score (nSPS) is 19.9. The van der Waals surface area contributed by atoms with Gasteiger partial charge in [0, 0.05) is 6.61 Å². The van der Waals surface area contributed by atoms with Crippen molar-refractivity contribution < 1.29 is 13.2 Å². The van der Waals surface area contributed by atoms with Gasteiger partial charge >= 0.3 is 0 Å². The summed E-state index contributed by atoms with van der Waals surface area (Å²) < 4.78 is 26.9. The molecule has 0 aliphatic heterocycles. The summed E-state index contributed by atoms with van der Waals surface area (Å²) in [5, 5.41) is 4.94. The molecule has 0 amide bonds. The summed E-state index contributed by atoms with van der Waals surface area (Å²) in [7, 11) is -3.35. The fourth-order valence-corrected chi connectivity index (χ4v) is 2.65. The zero-order chi connectivity index (χ0) is 11.3. The molecule has 2 N–H and O–H groups in total. The average molecular weight is 235 g/mol. The number of hydrogen-bond acceptors (Lipinski definition) is 3. The Kier molecular flexibility index (Phi) is 5.02. The van der Waals surface area contributed by atoms with E-state index in [0.717, 1.165) is 18.9 Å². The van der Waals surface area contributed by atoms with E-state index in [1.807, 2.05) is 6.92 Å². The summed E-state index contributed by atoms with van der Waals surface area (Å²) in [5.74, 6) is 0.844. The quantitative estimate of drug-likeness (QED) is 0.672. The molecule has 5 heteroatoms. The van der Waals surface area contributed by atoms with Gasteiger partial charge in [0.15, 0.2) is 0 Å². The largest absolute Gasteiger partial charge is 0.381 e. The van der Waals surface area contributed by atoms with Crippen LogP contribution in [-0.4, -0.2) is 27.4 Å². The fourth-order valence-electron chi connectivity index (χ4n) is 1.76. The zero-order valence-electron chi connectivity index (χ0n) is 9.31. The molecule has 0 bridgehead atoms.